The number of rotatable bonds is 4. The van der Waals surface area contributed by atoms with Crippen molar-refractivity contribution in [2.75, 3.05) is 13.7 Å². The molecule has 1 aliphatic rings. The molecule has 0 radical (unpaired) electrons. The molecule has 6 heteroatoms. The lowest BCUT2D eigenvalue weighted by molar-refractivity contribution is 0.107. The monoisotopic (exact) mass is 327 g/mol. The SMILES string of the molecule is CO[C@H]1C[C@H](c2nnc(C)o2)N(Cc2c(C)oc3ccccc23)C1. The van der Waals surface area contributed by atoms with E-state index < -0.39 is 0 Å². The maximum Gasteiger partial charge on any atom is 0.233 e. The molecule has 1 aliphatic heterocycles. The molecule has 0 amide bonds. The largest absolute Gasteiger partial charge is 0.461 e. The van der Waals surface area contributed by atoms with Gasteiger partial charge in [0.25, 0.3) is 0 Å². The third-order valence-electron chi connectivity index (χ3n) is 4.79. The lowest BCUT2D eigenvalue weighted by atomic mass is 10.1. The number of fused-ring (bicyclic) bond motifs is 1. The molecule has 0 aliphatic carbocycles. The predicted octanol–water partition coefficient (Wildman–Crippen LogP) is 3.39. The summed E-state index contributed by atoms with van der Waals surface area (Å²) in [5, 5.41) is 9.37. The zero-order chi connectivity index (χ0) is 16.7. The van der Waals surface area contributed by atoms with Crippen LogP contribution in [-0.4, -0.2) is 34.9 Å². The Labute approximate surface area is 140 Å². The van der Waals surface area contributed by atoms with Crippen molar-refractivity contribution in [2.45, 2.75) is 39.0 Å². The molecule has 1 fully saturated rings. The van der Waals surface area contributed by atoms with E-state index in [1.54, 1.807) is 7.11 Å². The molecule has 24 heavy (non-hydrogen) atoms. The smallest absolute Gasteiger partial charge is 0.233 e. The molecule has 0 unspecified atom stereocenters. The van der Waals surface area contributed by atoms with Crippen LogP contribution in [0.15, 0.2) is 33.1 Å². The Morgan fingerprint density at radius 1 is 1.21 bits per heavy atom. The number of nitrogens with zero attached hydrogens (tertiary/aromatic N) is 3. The van der Waals surface area contributed by atoms with Crippen LogP contribution in [0, 0.1) is 13.8 Å². The van der Waals surface area contributed by atoms with Gasteiger partial charge in [-0.2, -0.15) is 0 Å². The molecule has 0 saturated carbocycles. The zero-order valence-electron chi connectivity index (χ0n) is 14.2. The Morgan fingerprint density at radius 2 is 2.04 bits per heavy atom. The topological polar surface area (TPSA) is 64.5 Å². The summed E-state index contributed by atoms with van der Waals surface area (Å²) < 4.78 is 17.2. The van der Waals surface area contributed by atoms with Gasteiger partial charge in [0.1, 0.15) is 11.3 Å². The highest BCUT2D eigenvalue weighted by atomic mass is 16.5. The van der Waals surface area contributed by atoms with Crippen LogP contribution < -0.4 is 0 Å². The highest BCUT2D eigenvalue weighted by molar-refractivity contribution is 5.82. The number of aromatic nitrogens is 2. The van der Waals surface area contributed by atoms with Gasteiger partial charge in [0, 0.05) is 38.1 Å². The fourth-order valence-electron chi connectivity index (χ4n) is 3.53. The van der Waals surface area contributed by atoms with Crippen molar-refractivity contribution in [1.29, 1.82) is 0 Å². The fraction of sp³-hybridized carbons (Fsp3) is 0.444. The van der Waals surface area contributed by atoms with Crippen LogP contribution >= 0.6 is 0 Å². The molecule has 6 nitrogen and oxygen atoms in total. The minimum absolute atomic E-state index is 0.0733. The molecule has 126 valence electrons. The molecule has 2 aromatic heterocycles. The molecule has 0 N–H and O–H groups in total. The summed E-state index contributed by atoms with van der Waals surface area (Å²) >= 11 is 0. The summed E-state index contributed by atoms with van der Waals surface area (Å²) in [5.41, 5.74) is 2.14. The number of methoxy groups -OCH3 is 1. The van der Waals surface area contributed by atoms with Crippen molar-refractivity contribution < 1.29 is 13.6 Å². The number of hydrogen-bond donors (Lipinski definition) is 0. The van der Waals surface area contributed by atoms with Crippen LogP contribution in [0.25, 0.3) is 11.0 Å². The quantitative estimate of drug-likeness (QED) is 0.732. The van der Waals surface area contributed by atoms with Gasteiger partial charge in [-0.1, -0.05) is 18.2 Å². The van der Waals surface area contributed by atoms with E-state index in [0.717, 1.165) is 36.2 Å². The minimum Gasteiger partial charge on any atom is -0.461 e. The first kappa shape index (κ1) is 15.4. The average molecular weight is 327 g/mol. The Bertz CT molecular complexity index is 854. The Balaban J connectivity index is 1.67. The van der Waals surface area contributed by atoms with Gasteiger partial charge in [0.2, 0.25) is 11.8 Å². The highest BCUT2D eigenvalue weighted by Gasteiger charge is 2.37. The van der Waals surface area contributed by atoms with E-state index in [0.29, 0.717) is 11.8 Å². The summed E-state index contributed by atoms with van der Waals surface area (Å²) in [6, 6.07) is 8.23. The van der Waals surface area contributed by atoms with Gasteiger partial charge in [-0.25, -0.2) is 0 Å². The molecule has 0 bridgehead atoms. The Kier molecular flexibility index (Phi) is 3.86. The number of hydrogen-bond acceptors (Lipinski definition) is 6. The summed E-state index contributed by atoms with van der Waals surface area (Å²) in [7, 11) is 1.75. The van der Waals surface area contributed by atoms with Crippen LogP contribution in [0.5, 0.6) is 0 Å². The van der Waals surface area contributed by atoms with Crippen LogP contribution in [-0.2, 0) is 11.3 Å². The number of likely N-dealkylation sites (tertiary alicyclic amines) is 1. The molecular weight excluding hydrogens is 306 g/mol. The molecule has 3 aromatic rings. The van der Waals surface area contributed by atoms with Gasteiger partial charge in [-0.15, -0.1) is 10.2 Å². The molecule has 2 atom stereocenters. The second-order valence-corrected chi connectivity index (χ2v) is 6.33. The normalized spacial score (nSPS) is 21.8. The van der Waals surface area contributed by atoms with Gasteiger partial charge in [-0.05, 0) is 19.4 Å². The standard InChI is InChI=1S/C18H21N3O3/c1-11-15(14-6-4-5-7-17(14)23-11)10-21-9-13(22-3)8-16(21)18-20-19-12(2)24-18/h4-7,13,16H,8-10H2,1-3H3/t13-,16+/m0/s1. The van der Waals surface area contributed by atoms with Crippen LogP contribution in [0.4, 0.5) is 0 Å². The van der Waals surface area contributed by atoms with Gasteiger partial charge in [-0.3, -0.25) is 4.90 Å². The number of benzene rings is 1. The van der Waals surface area contributed by atoms with E-state index in [1.807, 2.05) is 32.0 Å². The highest BCUT2D eigenvalue weighted by Crippen LogP contribution is 2.36. The average Bonchev–Trinajstić information content (AvgIpc) is 3.26. The number of furan rings is 1. The molecule has 1 aromatic carbocycles. The molecule has 3 heterocycles. The van der Waals surface area contributed by atoms with E-state index >= 15 is 0 Å². The van der Waals surface area contributed by atoms with Crippen molar-refractivity contribution in [3.63, 3.8) is 0 Å². The van der Waals surface area contributed by atoms with Crippen molar-refractivity contribution in [1.82, 2.24) is 15.1 Å². The summed E-state index contributed by atoms with van der Waals surface area (Å²) in [5.74, 6) is 2.21. The summed E-state index contributed by atoms with van der Waals surface area (Å²) in [6.07, 6.45) is 1.02. The van der Waals surface area contributed by atoms with Crippen LogP contribution in [0.1, 0.15) is 35.6 Å². The third-order valence-corrected chi connectivity index (χ3v) is 4.79. The van der Waals surface area contributed by atoms with Crippen LogP contribution in [0.2, 0.25) is 0 Å². The van der Waals surface area contributed by atoms with E-state index in [9.17, 15) is 0 Å². The first-order valence-corrected chi connectivity index (χ1v) is 8.19. The van der Waals surface area contributed by atoms with Gasteiger partial charge in [0.15, 0.2) is 0 Å². The van der Waals surface area contributed by atoms with Crippen molar-refractivity contribution in [2.24, 2.45) is 0 Å². The van der Waals surface area contributed by atoms with Gasteiger partial charge in [0.05, 0.1) is 12.1 Å². The first-order valence-electron chi connectivity index (χ1n) is 8.19. The maximum atomic E-state index is 5.90. The Hall–Kier alpha value is -2.18. The maximum absolute atomic E-state index is 5.90. The van der Waals surface area contributed by atoms with Crippen LogP contribution in [0.3, 0.4) is 0 Å². The molecular formula is C18H21N3O3. The number of aryl methyl sites for hydroxylation is 2. The molecule has 1 saturated heterocycles. The van der Waals surface area contributed by atoms with E-state index in [-0.39, 0.29) is 12.1 Å². The molecule has 0 spiro atoms. The van der Waals surface area contributed by atoms with Crippen molar-refractivity contribution >= 4 is 11.0 Å². The van der Waals surface area contributed by atoms with Crippen molar-refractivity contribution in [3.05, 3.63) is 47.4 Å². The van der Waals surface area contributed by atoms with E-state index in [1.165, 1.54) is 5.56 Å². The first-order chi connectivity index (χ1) is 11.7. The predicted molar refractivity (Wildman–Crippen MR) is 88.6 cm³/mol. The summed E-state index contributed by atoms with van der Waals surface area (Å²) in [6.45, 7) is 5.44. The summed E-state index contributed by atoms with van der Waals surface area (Å²) in [4.78, 5) is 2.34. The number of ether oxygens (including phenoxy) is 1. The lowest BCUT2D eigenvalue weighted by Crippen LogP contribution is -2.25. The number of para-hydroxylation sites is 1. The molecule has 4 rings (SSSR count). The zero-order valence-corrected chi connectivity index (χ0v) is 14.2. The fourth-order valence-corrected chi connectivity index (χ4v) is 3.53. The second kappa shape index (κ2) is 6.03. The van der Waals surface area contributed by atoms with Gasteiger partial charge < -0.3 is 13.6 Å². The van der Waals surface area contributed by atoms with Gasteiger partial charge >= 0.3 is 0 Å². The van der Waals surface area contributed by atoms with E-state index in [2.05, 4.69) is 21.2 Å². The minimum atomic E-state index is 0.0733. The Morgan fingerprint density at radius 3 is 2.79 bits per heavy atom. The van der Waals surface area contributed by atoms with E-state index in [4.69, 9.17) is 13.6 Å². The third kappa shape index (κ3) is 2.61. The lowest BCUT2D eigenvalue weighted by Gasteiger charge is -2.21. The second-order valence-electron chi connectivity index (χ2n) is 6.33. The van der Waals surface area contributed by atoms with Crippen molar-refractivity contribution in [3.8, 4) is 0 Å².